The van der Waals surface area contributed by atoms with E-state index in [1.165, 1.54) is 18.0 Å². The van der Waals surface area contributed by atoms with Gasteiger partial charge in [0, 0.05) is 31.3 Å². The molecule has 4 amide bonds. The molecule has 16 heteroatoms. The van der Waals surface area contributed by atoms with E-state index in [0.29, 0.717) is 34.1 Å². The lowest BCUT2D eigenvalue weighted by atomic mass is 9.86. The first-order chi connectivity index (χ1) is 21.8. The summed E-state index contributed by atoms with van der Waals surface area (Å²) < 4.78 is 79.6. The van der Waals surface area contributed by atoms with Gasteiger partial charge in [-0.1, -0.05) is 12.1 Å². The zero-order chi connectivity index (χ0) is 32.6. The van der Waals surface area contributed by atoms with Crippen molar-refractivity contribution < 1.29 is 41.1 Å². The first-order valence-electron chi connectivity index (χ1n) is 14.5. The number of nitrogens with zero attached hydrogens (tertiary/aromatic N) is 6. The second-order valence-corrected chi connectivity index (χ2v) is 12.3. The number of likely N-dealkylation sites (tertiary alicyclic amines) is 1. The molecule has 7 rings (SSSR count). The number of fused-ring (bicyclic) bond motifs is 2. The summed E-state index contributed by atoms with van der Waals surface area (Å²) >= 11 is 0. The van der Waals surface area contributed by atoms with Gasteiger partial charge in [0.25, 0.3) is 5.91 Å². The quantitative estimate of drug-likeness (QED) is 0.311. The van der Waals surface area contributed by atoms with Crippen LogP contribution in [0.25, 0.3) is 11.1 Å². The van der Waals surface area contributed by atoms with Crippen molar-refractivity contribution in [1.29, 1.82) is 0 Å². The van der Waals surface area contributed by atoms with Gasteiger partial charge in [-0.05, 0) is 41.9 Å². The van der Waals surface area contributed by atoms with Crippen molar-refractivity contribution in [3.63, 3.8) is 0 Å². The maximum absolute atomic E-state index is 15.6. The predicted octanol–water partition coefficient (Wildman–Crippen LogP) is 3.09. The number of urea groups is 1. The Morgan fingerprint density at radius 1 is 1.13 bits per heavy atom. The largest absolute Gasteiger partial charge is 0.414 e. The SMILES string of the molecule is CN1CC(N(Cc2ccc(F)cn2)C(=O)CN2C(=O)N[C@]3(C[C@@H](F)c4cc(-c5cnn(C6COC6)c5)ccc43)C2=O)(C(F)(F)F)C1. The number of ether oxygens (including phenoxy) is 1. The summed E-state index contributed by atoms with van der Waals surface area (Å²) in [5, 5.41) is 6.87. The number of benzene rings is 1. The smallest absolute Gasteiger partial charge is 0.377 e. The zero-order valence-corrected chi connectivity index (χ0v) is 24.4. The normalized spacial score (nSPS) is 24.1. The highest BCUT2D eigenvalue weighted by Gasteiger charge is 2.66. The molecule has 0 unspecified atom stereocenters. The highest BCUT2D eigenvalue weighted by atomic mass is 19.4. The van der Waals surface area contributed by atoms with Crippen LogP contribution in [-0.2, 0) is 26.4 Å². The van der Waals surface area contributed by atoms with Crippen LogP contribution in [-0.4, -0.2) is 98.9 Å². The topological polar surface area (TPSA) is 113 Å². The molecule has 0 radical (unpaired) electrons. The molecule has 2 aromatic heterocycles. The van der Waals surface area contributed by atoms with Crippen molar-refractivity contribution in [2.75, 3.05) is 39.9 Å². The fourth-order valence-electron chi connectivity index (χ4n) is 6.74. The summed E-state index contributed by atoms with van der Waals surface area (Å²) in [7, 11) is 1.45. The first kappa shape index (κ1) is 30.2. The van der Waals surface area contributed by atoms with Gasteiger partial charge in [-0.2, -0.15) is 18.3 Å². The summed E-state index contributed by atoms with van der Waals surface area (Å²) in [4.78, 5) is 47.0. The summed E-state index contributed by atoms with van der Waals surface area (Å²) in [5.74, 6) is -2.82. The third-order valence-corrected chi connectivity index (χ3v) is 9.25. The van der Waals surface area contributed by atoms with E-state index >= 15 is 4.39 Å². The van der Waals surface area contributed by atoms with E-state index < -0.39 is 79.7 Å². The number of carbonyl (C=O) groups is 3. The molecule has 3 fully saturated rings. The number of alkyl halides is 4. The number of likely N-dealkylation sites (N-methyl/N-ethyl adjacent to an activating group) is 1. The van der Waals surface area contributed by atoms with Crippen LogP contribution in [0.1, 0.15) is 35.5 Å². The number of hydrogen-bond donors (Lipinski definition) is 1. The fraction of sp³-hybridized carbons (Fsp3) is 0.433. The van der Waals surface area contributed by atoms with E-state index in [9.17, 15) is 31.9 Å². The van der Waals surface area contributed by atoms with Crippen LogP contribution in [0.15, 0.2) is 48.9 Å². The fourth-order valence-corrected chi connectivity index (χ4v) is 6.74. The Balaban J connectivity index is 1.16. The van der Waals surface area contributed by atoms with E-state index in [0.717, 1.165) is 18.3 Å². The Kier molecular flexibility index (Phi) is 6.93. The lowest BCUT2D eigenvalue weighted by Gasteiger charge is -2.55. The molecule has 0 saturated carbocycles. The van der Waals surface area contributed by atoms with Crippen molar-refractivity contribution in [3.05, 3.63) is 71.6 Å². The summed E-state index contributed by atoms with van der Waals surface area (Å²) in [6, 6.07) is 6.03. The van der Waals surface area contributed by atoms with Crippen LogP contribution in [0, 0.1) is 5.82 Å². The molecule has 3 aromatic rings. The van der Waals surface area contributed by atoms with Crippen LogP contribution in [0.3, 0.4) is 0 Å². The van der Waals surface area contributed by atoms with Gasteiger partial charge in [0.15, 0.2) is 5.54 Å². The monoisotopic (exact) mass is 645 g/mol. The number of hydrogen-bond acceptors (Lipinski definition) is 7. The summed E-state index contributed by atoms with van der Waals surface area (Å²) in [6.45, 7) is -1.71. The van der Waals surface area contributed by atoms with Gasteiger partial charge >= 0.3 is 12.2 Å². The van der Waals surface area contributed by atoms with E-state index in [4.69, 9.17) is 4.74 Å². The van der Waals surface area contributed by atoms with Crippen molar-refractivity contribution in [3.8, 4) is 11.1 Å². The van der Waals surface area contributed by atoms with Gasteiger partial charge in [-0.3, -0.25) is 24.2 Å². The molecule has 4 aliphatic rings. The van der Waals surface area contributed by atoms with Crippen LogP contribution in [0.5, 0.6) is 0 Å². The van der Waals surface area contributed by atoms with Crippen LogP contribution >= 0.6 is 0 Å². The van der Waals surface area contributed by atoms with Crippen molar-refractivity contribution in [2.24, 2.45) is 0 Å². The summed E-state index contributed by atoms with van der Waals surface area (Å²) in [5.41, 5.74) is -2.75. The Bertz CT molecular complexity index is 1720. The molecular weight excluding hydrogens is 617 g/mol. The number of pyridine rings is 1. The van der Waals surface area contributed by atoms with E-state index in [1.807, 2.05) is 6.20 Å². The molecule has 1 N–H and O–H groups in total. The first-order valence-corrected chi connectivity index (χ1v) is 14.5. The van der Waals surface area contributed by atoms with E-state index in [1.54, 1.807) is 23.0 Å². The minimum Gasteiger partial charge on any atom is -0.377 e. The zero-order valence-electron chi connectivity index (χ0n) is 24.4. The Labute approximate surface area is 258 Å². The highest BCUT2D eigenvalue weighted by molar-refractivity contribution is 6.10. The third kappa shape index (κ3) is 4.64. The van der Waals surface area contributed by atoms with Crippen molar-refractivity contribution >= 4 is 17.8 Å². The number of amides is 4. The predicted molar refractivity (Wildman–Crippen MR) is 149 cm³/mol. The van der Waals surface area contributed by atoms with Crippen molar-refractivity contribution in [2.45, 2.75) is 42.4 Å². The maximum atomic E-state index is 15.6. The highest BCUT2D eigenvalue weighted by Crippen LogP contribution is 2.50. The molecule has 46 heavy (non-hydrogen) atoms. The molecule has 5 heterocycles. The number of aromatic nitrogens is 3. The molecule has 1 spiro atoms. The second kappa shape index (κ2) is 10.6. The van der Waals surface area contributed by atoms with Gasteiger partial charge in [0.2, 0.25) is 5.91 Å². The molecule has 1 aromatic carbocycles. The Morgan fingerprint density at radius 3 is 2.52 bits per heavy atom. The minimum absolute atomic E-state index is 0.0195. The van der Waals surface area contributed by atoms with Gasteiger partial charge in [-0.15, -0.1) is 0 Å². The molecular formula is C30H28F5N7O4. The van der Waals surface area contributed by atoms with Crippen molar-refractivity contribution in [1.82, 2.24) is 34.8 Å². The molecule has 242 valence electrons. The van der Waals surface area contributed by atoms with Gasteiger partial charge in [0.05, 0.1) is 43.9 Å². The van der Waals surface area contributed by atoms with Gasteiger partial charge in [-0.25, -0.2) is 13.6 Å². The molecule has 1 aliphatic carbocycles. The molecule has 3 aliphatic heterocycles. The Hall–Kier alpha value is -4.44. The van der Waals surface area contributed by atoms with Crippen LogP contribution < -0.4 is 5.32 Å². The van der Waals surface area contributed by atoms with Crippen LogP contribution in [0.2, 0.25) is 0 Å². The average Bonchev–Trinajstić information content (AvgIpc) is 3.61. The molecule has 2 atom stereocenters. The average molecular weight is 646 g/mol. The minimum atomic E-state index is -4.88. The standard InChI is InChI=1S/C30H28F5N7O4/c1-39-15-28(16-39,30(33,34)35)41(11-20-4-3-19(31)9-36-20)25(43)12-40-26(44)29(38-27(40)45)7-24(32)22-6-17(2-5-23(22)29)18-8-37-42(10-18)21-13-46-14-21/h2-6,8-10,21,24H,7,11-16H2,1H3,(H,38,45)/t24-,29+/m1/s1. The summed E-state index contributed by atoms with van der Waals surface area (Å²) in [6.07, 6.45) is -2.71. The van der Waals surface area contributed by atoms with E-state index in [-0.39, 0.29) is 22.9 Å². The Morgan fingerprint density at radius 2 is 1.89 bits per heavy atom. The molecule has 0 bridgehead atoms. The maximum Gasteiger partial charge on any atom is 0.414 e. The molecule has 3 saturated heterocycles. The molecule has 11 nitrogen and oxygen atoms in total. The third-order valence-electron chi connectivity index (χ3n) is 9.25. The van der Waals surface area contributed by atoms with Gasteiger partial charge in [0.1, 0.15) is 24.1 Å². The number of carbonyl (C=O) groups excluding carboxylic acids is 3. The number of imide groups is 1. The number of rotatable bonds is 7. The van der Waals surface area contributed by atoms with Gasteiger partial charge < -0.3 is 19.9 Å². The second-order valence-electron chi connectivity index (χ2n) is 12.3. The van der Waals surface area contributed by atoms with E-state index in [2.05, 4.69) is 15.4 Å². The lowest BCUT2D eigenvalue weighted by molar-refractivity contribution is -0.268. The lowest BCUT2D eigenvalue weighted by Crippen LogP contribution is -2.77. The number of nitrogens with one attached hydrogen (secondary N) is 1. The van der Waals surface area contributed by atoms with Crippen LogP contribution in [0.4, 0.5) is 26.7 Å². The number of halogens is 5.